The Bertz CT molecular complexity index is 900. The normalized spacial score (nSPS) is 12.8. The topological polar surface area (TPSA) is 13.1 Å². The van der Waals surface area contributed by atoms with Gasteiger partial charge in [-0.05, 0) is 47.1 Å². The van der Waals surface area contributed by atoms with Gasteiger partial charge in [0.25, 0.3) is 0 Å². The lowest BCUT2D eigenvalue weighted by Gasteiger charge is -2.18. The van der Waals surface area contributed by atoms with E-state index in [-0.39, 0.29) is 5.41 Å². The van der Waals surface area contributed by atoms with Crippen LogP contribution in [0.3, 0.4) is 0 Å². The molecule has 5 heteroatoms. The average molecular weight is 364 g/mol. The van der Waals surface area contributed by atoms with Crippen molar-refractivity contribution in [1.82, 2.24) is 0 Å². The predicted octanol–water partition coefficient (Wildman–Crippen LogP) is 7.14. The van der Waals surface area contributed by atoms with Gasteiger partial charge >= 0.3 is 6.18 Å². The number of halogens is 3. The molecular formula is C20H19F3OS. The van der Waals surface area contributed by atoms with Gasteiger partial charge in [0.05, 0.1) is 5.56 Å². The number of alkyl halides is 3. The first-order chi connectivity index (χ1) is 11.6. The molecule has 0 fully saturated rings. The molecule has 3 rings (SSSR count). The maximum atomic E-state index is 12.8. The van der Waals surface area contributed by atoms with Gasteiger partial charge in [-0.25, -0.2) is 0 Å². The number of benzene rings is 2. The molecule has 132 valence electrons. The van der Waals surface area contributed by atoms with Crippen molar-refractivity contribution in [1.29, 1.82) is 0 Å². The molecular weight excluding hydrogens is 345 g/mol. The molecule has 0 aliphatic heterocycles. The zero-order chi connectivity index (χ0) is 18.4. The molecule has 0 unspecified atom stereocenters. The van der Waals surface area contributed by atoms with Crippen molar-refractivity contribution in [3.63, 3.8) is 0 Å². The van der Waals surface area contributed by atoms with Gasteiger partial charge in [0.2, 0.25) is 0 Å². The quantitative estimate of drug-likeness (QED) is 0.448. The summed E-state index contributed by atoms with van der Waals surface area (Å²) in [7, 11) is 0. The van der Waals surface area contributed by atoms with E-state index in [9.17, 15) is 13.2 Å². The molecule has 3 aromatic rings. The summed E-state index contributed by atoms with van der Waals surface area (Å²) in [5.74, 6) is 0. The number of hydrogen-bond acceptors (Lipinski definition) is 2. The second-order valence-electron chi connectivity index (χ2n) is 7.00. The Balaban J connectivity index is 2.20. The number of hydrogen-bond donors (Lipinski definition) is 0. The summed E-state index contributed by atoms with van der Waals surface area (Å²) in [6.07, 6.45) is -2.44. The van der Waals surface area contributed by atoms with Crippen LogP contribution in [0.25, 0.3) is 22.1 Å². The molecule has 0 bridgehead atoms. The molecule has 0 atom stereocenters. The summed E-state index contributed by atoms with van der Waals surface area (Å²) in [5.41, 5.74) is 2.80. The van der Waals surface area contributed by atoms with Gasteiger partial charge in [0, 0.05) is 10.9 Å². The highest BCUT2D eigenvalue weighted by Gasteiger charge is 2.30. The van der Waals surface area contributed by atoms with E-state index >= 15 is 0 Å². The lowest BCUT2D eigenvalue weighted by atomic mass is 9.86. The molecule has 1 heterocycles. The molecule has 2 aromatic carbocycles. The van der Waals surface area contributed by atoms with E-state index in [1.807, 2.05) is 18.4 Å². The Hall–Kier alpha value is -1.88. The van der Waals surface area contributed by atoms with Crippen molar-refractivity contribution in [2.45, 2.75) is 37.5 Å². The van der Waals surface area contributed by atoms with E-state index in [4.69, 9.17) is 4.42 Å². The number of rotatable bonds is 2. The SMILES string of the molecule is CSc1oc2ccc(C(C)(C)C)cc2c1-c1ccc(C(F)(F)F)cc1. The highest BCUT2D eigenvalue weighted by Crippen LogP contribution is 2.42. The van der Waals surface area contributed by atoms with E-state index in [1.165, 1.54) is 23.9 Å². The van der Waals surface area contributed by atoms with Crippen LogP contribution in [-0.2, 0) is 11.6 Å². The Morgan fingerprint density at radius 3 is 2.00 bits per heavy atom. The summed E-state index contributed by atoms with van der Waals surface area (Å²) in [6, 6.07) is 11.3. The van der Waals surface area contributed by atoms with E-state index in [1.54, 1.807) is 0 Å². The van der Waals surface area contributed by atoms with E-state index < -0.39 is 11.7 Å². The molecule has 1 nitrogen and oxygen atoms in total. The third-order valence-corrected chi connectivity index (χ3v) is 4.87. The van der Waals surface area contributed by atoms with Crippen molar-refractivity contribution < 1.29 is 17.6 Å². The van der Waals surface area contributed by atoms with Crippen LogP contribution < -0.4 is 0 Å². The Morgan fingerprint density at radius 2 is 1.48 bits per heavy atom. The molecule has 0 aliphatic rings. The molecule has 25 heavy (non-hydrogen) atoms. The third kappa shape index (κ3) is 3.43. The summed E-state index contributed by atoms with van der Waals surface area (Å²) >= 11 is 1.45. The van der Waals surface area contributed by atoms with Crippen LogP contribution in [-0.4, -0.2) is 6.26 Å². The van der Waals surface area contributed by atoms with Crippen molar-refractivity contribution in [3.8, 4) is 11.1 Å². The zero-order valence-corrected chi connectivity index (χ0v) is 15.3. The monoisotopic (exact) mass is 364 g/mol. The highest BCUT2D eigenvalue weighted by molar-refractivity contribution is 7.98. The fourth-order valence-electron chi connectivity index (χ4n) is 2.78. The molecule has 1 aromatic heterocycles. The van der Waals surface area contributed by atoms with Crippen molar-refractivity contribution in [2.24, 2.45) is 0 Å². The smallest absolute Gasteiger partial charge is 0.416 e. The van der Waals surface area contributed by atoms with Gasteiger partial charge in [0.15, 0.2) is 5.09 Å². The second kappa shape index (κ2) is 6.13. The number of fused-ring (bicyclic) bond motifs is 1. The van der Waals surface area contributed by atoms with E-state index in [0.29, 0.717) is 5.09 Å². The Kier molecular flexibility index (Phi) is 4.40. The molecule has 0 radical (unpaired) electrons. The maximum Gasteiger partial charge on any atom is 0.416 e. The second-order valence-corrected chi connectivity index (χ2v) is 7.78. The third-order valence-electron chi connectivity index (χ3n) is 4.21. The molecule has 0 amide bonds. The van der Waals surface area contributed by atoms with Crippen LogP contribution in [0.5, 0.6) is 0 Å². The van der Waals surface area contributed by atoms with Crippen LogP contribution in [0.4, 0.5) is 13.2 Å². The van der Waals surface area contributed by atoms with Crippen LogP contribution in [0.2, 0.25) is 0 Å². The van der Waals surface area contributed by atoms with Crippen LogP contribution >= 0.6 is 11.8 Å². The zero-order valence-electron chi connectivity index (χ0n) is 14.5. The standard InChI is InChI=1S/C20H19F3OS/c1-19(2,3)14-9-10-16-15(11-14)17(18(24-16)25-4)12-5-7-13(8-6-12)20(21,22)23/h5-11H,1-4H3. The Morgan fingerprint density at radius 1 is 0.880 bits per heavy atom. The minimum Gasteiger partial charge on any atom is -0.449 e. The van der Waals surface area contributed by atoms with Gasteiger partial charge in [-0.1, -0.05) is 50.7 Å². The summed E-state index contributed by atoms with van der Waals surface area (Å²) in [6.45, 7) is 6.38. The lowest BCUT2D eigenvalue weighted by molar-refractivity contribution is -0.137. The molecule has 0 saturated heterocycles. The minimum atomic E-state index is -4.33. The summed E-state index contributed by atoms with van der Waals surface area (Å²) in [5, 5.41) is 1.64. The first kappa shape index (κ1) is 17.9. The fraction of sp³-hybridized carbons (Fsp3) is 0.300. The lowest BCUT2D eigenvalue weighted by Crippen LogP contribution is -2.10. The van der Waals surface area contributed by atoms with Gasteiger partial charge in [0.1, 0.15) is 5.58 Å². The van der Waals surface area contributed by atoms with Crippen molar-refractivity contribution >= 4 is 22.7 Å². The summed E-state index contributed by atoms with van der Waals surface area (Å²) in [4.78, 5) is 0. The fourth-order valence-corrected chi connectivity index (χ4v) is 3.39. The minimum absolute atomic E-state index is 0.0254. The van der Waals surface area contributed by atoms with Crippen molar-refractivity contribution in [2.75, 3.05) is 6.26 Å². The average Bonchev–Trinajstić information content (AvgIpc) is 2.91. The van der Waals surface area contributed by atoms with E-state index in [0.717, 1.165) is 39.8 Å². The first-order valence-electron chi connectivity index (χ1n) is 7.90. The predicted molar refractivity (Wildman–Crippen MR) is 97.1 cm³/mol. The largest absolute Gasteiger partial charge is 0.449 e. The van der Waals surface area contributed by atoms with Crippen LogP contribution in [0.15, 0.2) is 52.0 Å². The Labute approximate surface area is 149 Å². The molecule has 0 aliphatic carbocycles. The van der Waals surface area contributed by atoms with E-state index in [2.05, 4.69) is 26.8 Å². The van der Waals surface area contributed by atoms with Gasteiger partial charge in [-0.3, -0.25) is 0 Å². The summed E-state index contributed by atoms with van der Waals surface area (Å²) < 4.78 is 44.4. The molecule has 0 saturated carbocycles. The van der Waals surface area contributed by atoms with Gasteiger partial charge < -0.3 is 4.42 Å². The van der Waals surface area contributed by atoms with Crippen molar-refractivity contribution in [3.05, 3.63) is 53.6 Å². The number of furan rings is 1. The highest BCUT2D eigenvalue weighted by atomic mass is 32.2. The van der Waals surface area contributed by atoms with Gasteiger partial charge in [-0.15, -0.1) is 0 Å². The number of thioether (sulfide) groups is 1. The van der Waals surface area contributed by atoms with Crippen LogP contribution in [0, 0.1) is 0 Å². The van der Waals surface area contributed by atoms with Crippen LogP contribution in [0.1, 0.15) is 31.9 Å². The maximum absolute atomic E-state index is 12.8. The first-order valence-corrected chi connectivity index (χ1v) is 9.12. The van der Waals surface area contributed by atoms with Gasteiger partial charge in [-0.2, -0.15) is 13.2 Å². The molecule has 0 spiro atoms. The molecule has 0 N–H and O–H groups in total.